The molecule has 5 nitrogen and oxygen atoms in total. The van der Waals surface area contributed by atoms with Gasteiger partial charge in [0.15, 0.2) is 11.4 Å². The van der Waals surface area contributed by atoms with Gasteiger partial charge >= 0.3 is 0 Å². The van der Waals surface area contributed by atoms with Crippen molar-refractivity contribution < 1.29 is 9.52 Å². The van der Waals surface area contributed by atoms with Gasteiger partial charge in [0.05, 0.1) is 5.60 Å². The van der Waals surface area contributed by atoms with E-state index in [1.54, 1.807) is 0 Å². The standard InChI is InChI=1S/C20H19N3O2/c1-20(24,14-7-3-2-4-8-14)11-12-21-19-18-17(22-13-23-19)15-9-5-6-10-16(15)25-18/h2-10,13,24H,11-12H2,1H3,(H,21,22,23). The Balaban J connectivity index is 1.55. The minimum absolute atomic E-state index is 0.544. The number of hydrogen-bond acceptors (Lipinski definition) is 5. The highest BCUT2D eigenvalue weighted by Gasteiger charge is 2.22. The fourth-order valence-electron chi connectivity index (χ4n) is 3.02. The maximum atomic E-state index is 10.7. The number of fused-ring (bicyclic) bond motifs is 3. The van der Waals surface area contributed by atoms with Crippen molar-refractivity contribution in [3.8, 4) is 0 Å². The van der Waals surface area contributed by atoms with E-state index in [1.165, 1.54) is 6.33 Å². The van der Waals surface area contributed by atoms with Crippen LogP contribution in [0.3, 0.4) is 0 Å². The Labute approximate surface area is 145 Å². The highest BCUT2D eigenvalue weighted by molar-refractivity contribution is 6.05. The first-order valence-electron chi connectivity index (χ1n) is 8.29. The van der Waals surface area contributed by atoms with Crippen molar-refractivity contribution in [2.45, 2.75) is 18.9 Å². The second-order valence-electron chi connectivity index (χ2n) is 6.31. The molecule has 0 bridgehead atoms. The van der Waals surface area contributed by atoms with Gasteiger partial charge in [-0.3, -0.25) is 0 Å². The van der Waals surface area contributed by atoms with Crippen LogP contribution in [0.5, 0.6) is 0 Å². The first-order valence-corrected chi connectivity index (χ1v) is 8.29. The number of nitrogens with zero attached hydrogens (tertiary/aromatic N) is 2. The Hall–Kier alpha value is -2.92. The van der Waals surface area contributed by atoms with Crippen molar-refractivity contribution in [3.63, 3.8) is 0 Å². The number of nitrogens with one attached hydrogen (secondary N) is 1. The molecule has 25 heavy (non-hydrogen) atoms. The van der Waals surface area contributed by atoms with Gasteiger partial charge in [-0.2, -0.15) is 0 Å². The second kappa shape index (κ2) is 6.18. The van der Waals surface area contributed by atoms with Crippen LogP contribution in [0.4, 0.5) is 5.82 Å². The Kier molecular flexibility index (Phi) is 3.86. The van der Waals surface area contributed by atoms with E-state index in [1.807, 2.05) is 61.5 Å². The van der Waals surface area contributed by atoms with Crippen LogP contribution in [0.2, 0.25) is 0 Å². The number of aromatic nitrogens is 2. The number of para-hydroxylation sites is 1. The Morgan fingerprint density at radius 2 is 1.80 bits per heavy atom. The van der Waals surface area contributed by atoms with E-state index in [0.29, 0.717) is 24.4 Å². The first-order chi connectivity index (χ1) is 12.1. The third-order valence-electron chi connectivity index (χ3n) is 4.46. The van der Waals surface area contributed by atoms with Crippen LogP contribution in [-0.2, 0) is 5.60 Å². The van der Waals surface area contributed by atoms with Gasteiger partial charge in [0.2, 0.25) is 0 Å². The van der Waals surface area contributed by atoms with Gasteiger partial charge in [0.1, 0.15) is 17.4 Å². The predicted octanol–water partition coefficient (Wildman–Crippen LogP) is 4.09. The summed E-state index contributed by atoms with van der Waals surface area (Å²) in [6.07, 6.45) is 2.07. The zero-order chi connectivity index (χ0) is 17.3. The van der Waals surface area contributed by atoms with E-state index in [-0.39, 0.29) is 0 Å². The fourth-order valence-corrected chi connectivity index (χ4v) is 3.02. The van der Waals surface area contributed by atoms with Crippen molar-refractivity contribution in [1.29, 1.82) is 0 Å². The smallest absolute Gasteiger partial charge is 0.196 e. The van der Waals surface area contributed by atoms with E-state index in [4.69, 9.17) is 4.42 Å². The molecule has 0 amide bonds. The van der Waals surface area contributed by atoms with Crippen molar-refractivity contribution in [2.75, 3.05) is 11.9 Å². The number of hydrogen-bond donors (Lipinski definition) is 2. The minimum atomic E-state index is -0.908. The lowest BCUT2D eigenvalue weighted by Crippen LogP contribution is -2.24. The topological polar surface area (TPSA) is 71.2 Å². The summed E-state index contributed by atoms with van der Waals surface area (Å²) in [6, 6.07) is 17.5. The van der Waals surface area contributed by atoms with Crippen LogP contribution < -0.4 is 5.32 Å². The van der Waals surface area contributed by atoms with Crippen molar-refractivity contribution >= 4 is 27.9 Å². The van der Waals surface area contributed by atoms with E-state index in [0.717, 1.165) is 22.0 Å². The van der Waals surface area contributed by atoms with Crippen LogP contribution >= 0.6 is 0 Å². The summed E-state index contributed by atoms with van der Waals surface area (Å²) < 4.78 is 5.90. The maximum absolute atomic E-state index is 10.7. The van der Waals surface area contributed by atoms with Gasteiger partial charge in [-0.15, -0.1) is 0 Å². The molecule has 1 unspecified atom stereocenters. The van der Waals surface area contributed by atoms with Gasteiger partial charge in [0.25, 0.3) is 0 Å². The molecule has 2 N–H and O–H groups in total. The van der Waals surface area contributed by atoms with Crippen LogP contribution in [-0.4, -0.2) is 21.6 Å². The number of rotatable bonds is 5. The Bertz CT molecular complexity index is 1010. The molecule has 2 aromatic carbocycles. The van der Waals surface area contributed by atoms with Crippen molar-refractivity contribution in [1.82, 2.24) is 9.97 Å². The molecule has 0 spiro atoms. The summed E-state index contributed by atoms with van der Waals surface area (Å²) >= 11 is 0. The molecule has 0 radical (unpaired) electrons. The fraction of sp³-hybridized carbons (Fsp3) is 0.200. The largest absolute Gasteiger partial charge is 0.450 e. The number of furan rings is 1. The van der Waals surface area contributed by atoms with Crippen molar-refractivity contribution in [3.05, 3.63) is 66.5 Å². The van der Waals surface area contributed by atoms with E-state index in [2.05, 4.69) is 15.3 Å². The molecular weight excluding hydrogens is 314 g/mol. The number of anilines is 1. The molecule has 0 fully saturated rings. The SMILES string of the molecule is CC(O)(CCNc1ncnc2c1oc1ccccc12)c1ccccc1. The van der Waals surface area contributed by atoms with Crippen LogP contribution in [0.1, 0.15) is 18.9 Å². The van der Waals surface area contributed by atoms with Gasteiger partial charge in [0, 0.05) is 11.9 Å². The first kappa shape index (κ1) is 15.6. The van der Waals surface area contributed by atoms with Crippen LogP contribution in [0.15, 0.2) is 65.3 Å². The molecule has 0 aliphatic heterocycles. The quantitative estimate of drug-likeness (QED) is 0.576. The molecule has 4 rings (SSSR count). The normalized spacial score (nSPS) is 13.8. The summed E-state index contributed by atoms with van der Waals surface area (Å²) in [5, 5.41) is 14.9. The molecule has 2 heterocycles. The minimum Gasteiger partial charge on any atom is -0.450 e. The molecule has 1 atom stereocenters. The third kappa shape index (κ3) is 2.94. The zero-order valence-corrected chi connectivity index (χ0v) is 13.9. The van der Waals surface area contributed by atoms with Crippen molar-refractivity contribution in [2.24, 2.45) is 0 Å². The molecule has 0 saturated carbocycles. The van der Waals surface area contributed by atoms with Gasteiger partial charge in [-0.1, -0.05) is 42.5 Å². The Morgan fingerprint density at radius 1 is 1.04 bits per heavy atom. The second-order valence-corrected chi connectivity index (χ2v) is 6.31. The monoisotopic (exact) mass is 333 g/mol. The lowest BCUT2D eigenvalue weighted by atomic mass is 9.93. The van der Waals surface area contributed by atoms with Gasteiger partial charge in [-0.05, 0) is 31.0 Å². The zero-order valence-electron chi connectivity index (χ0n) is 13.9. The summed E-state index contributed by atoms with van der Waals surface area (Å²) in [4.78, 5) is 8.64. The van der Waals surface area contributed by atoms with E-state index in [9.17, 15) is 5.11 Å². The highest BCUT2D eigenvalue weighted by Crippen LogP contribution is 2.30. The summed E-state index contributed by atoms with van der Waals surface area (Å²) in [5.41, 5.74) is 2.21. The summed E-state index contributed by atoms with van der Waals surface area (Å²) in [5.74, 6) is 0.644. The lowest BCUT2D eigenvalue weighted by molar-refractivity contribution is 0.0515. The molecule has 2 aromatic heterocycles. The summed E-state index contributed by atoms with van der Waals surface area (Å²) in [7, 11) is 0. The number of benzene rings is 2. The molecule has 0 aliphatic carbocycles. The van der Waals surface area contributed by atoms with Crippen LogP contribution in [0, 0.1) is 0 Å². The summed E-state index contributed by atoms with van der Waals surface area (Å²) in [6.45, 7) is 2.38. The highest BCUT2D eigenvalue weighted by atomic mass is 16.3. The molecule has 0 saturated heterocycles. The predicted molar refractivity (Wildman–Crippen MR) is 98.4 cm³/mol. The van der Waals surface area contributed by atoms with Gasteiger partial charge < -0.3 is 14.8 Å². The molecule has 5 heteroatoms. The van der Waals surface area contributed by atoms with E-state index < -0.39 is 5.60 Å². The Morgan fingerprint density at radius 3 is 2.64 bits per heavy atom. The molecule has 0 aliphatic rings. The van der Waals surface area contributed by atoms with Gasteiger partial charge in [-0.25, -0.2) is 9.97 Å². The molecule has 4 aromatic rings. The average molecular weight is 333 g/mol. The van der Waals surface area contributed by atoms with Crippen LogP contribution in [0.25, 0.3) is 22.1 Å². The molecular formula is C20H19N3O2. The maximum Gasteiger partial charge on any atom is 0.196 e. The number of aliphatic hydroxyl groups is 1. The molecule has 126 valence electrons. The third-order valence-corrected chi connectivity index (χ3v) is 4.46. The average Bonchev–Trinajstić information content (AvgIpc) is 3.02. The van der Waals surface area contributed by atoms with E-state index >= 15 is 0 Å². The lowest BCUT2D eigenvalue weighted by Gasteiger charge is -2.24.